The SMILES string of the molecule is CCNC(=O)C(CC)N(Cc1ccccc1)C(=O)CN(c1ccc(C)cc1)S(=O)(=O)c1ccc(Cl)cc1. The summed E-state index contributed by atoms with van der Waals surface area (Å²) in [6.45, 7) is 5.64. The molecule has 3 aromatic carbocycles. The number of hydrogen-bond acceptors (Lipinski definition) is 4. The van der Waals surface area contributed by atoms with E-state index in [1.165, 1.54) is 29.2 Å². The molecule has 37 heavy (non-hydrogen) atoms. The number of nitrogens with zero attached hydrogens (tertiary/aromatic N) is 2. The van der Waals surface area contributed by atoms with Gasteiger partial charge in [0.15, 0.2) is 0 Å². The zero-order valence-electron chi connectivity index (χ0n) is 21.2. The highest BCUT2D eigenvalue weighted by atomic mass is 35.5. The zero-order valence-corrected chi connectivity index (χ0v) is 22.8. The number of carbonyl (C=O) groups excluding carboxylic acids is 2. The summed E-state index contributed by atoms with van der Waals surface area (Å²) in [6.07, 6.45) is 0.374. The van der Waals surface area contributed by atoms with Gasteiger partial charge < -0.3 is 10.2 Å². The molecule has 0 radical (unpaired) electrons. The van der Waals surface area contributed by atoms with Crippen LogP contribution < -0.4 is 9.62 Å². The molecule has 9 heteroatoms. The third-order valence-electron chi connectivity index (χ3n) is 5.94. The van der Waals surface area contributed by atoms with Gasteiger partial charge in [0.2, 0.25) is 11.8 Å². The molecule has 0 aliphatic heterocycles. The van der Waals surface area contributed by atoms with Gasteiger partial charge in [0.25, 0.3) is 10.0 Å². The number of halogens is 1. The minimum Gasteiger partial charge on any atom is -0.355 e. The van der Waals surface area contributed by atoms with E-state index in [9.17, 15) is 18.0 Å². The Morgan fingerprint density at radius 2 is 1.54 bits per heavy atom. The fraction of sp³-hybridized carbons (Fsp3) is 0.286. The molecule has 7 nitrogen and oxygen atoms in total. The standard InChI is InChI=1S/C28H32ClN3O4S/c1-4-26(28(34)30-5-2)31(19-22-9-7-6-8-10-22)27(33)20-32(24-15-11-21(3)12-16-24)37(35,36)25-17-13-23(29)14-18-25/h6-18,26H,4-5,19-20H2,1-3H3,(H,30,34). The van der Waals surface area contributed by atoms with Gasteiger partial charge in [-0.1, -0.05) is 66.6 Å². The highest BCUT2D eigenvalue weighted by Crippen LogP contribution is 2.26. The average Bonchev–Trinajstić information content (AvgIpc) is 2.88. The van der Waals surface area contributed by atoms with Crippen molar-refractivity contribution in [3.05, 3.63) is 95.0 Å². The maximum atomic E-state index is 13.9. The van der Waals surface area contributed by atoms with Gasteiger partial charge in [-0.05, 0) is 62.2 Å². The molecule has 1 N–H and O–H groups in total. The Morgan fingerprint density at radius 1 is 0.919 bits per heavy atom. The number of benzene rings is 3. The van der Waals surface area contributed by atoms with Crippen LogP contribution in [0, 0.1) is 6.92 Å². The fourth-order valence-electron chi connectivity index (χ4n) is 3.97. The van der Waals surface area contributed by atoms with Gasteiger partial charge in [-0.2, -0.15) is 0 Å². The second-order valence-corrected chi connectivity index (χ2v) is 10.9. The number of anilines is 1. The normalized spacial score (nSPS) is 12.0. The van der Waals surface area contributed by atoms with E-state index in [-0.39, 0.29) is 17.3 Å². The molecule has 0 spiro atoms. The lowest BCUT2D eigenvalue weighted by Crippen LogP contribution is -2.52. The molecule has 3 aromatic rings. The lowest BCUT2D eigenvalue weighted by molar-refractivity contribution is -0.140. The molecule has 0 saturated carbocycles. The molecule has 0 aliphatic rings. The summed E-state index contributed by atoms with van der Waals surface area (Å²) in [7, 11) is -4.12. The number of nitrogens with one attached hydrogen (secondary N) is 1. The van der Waals surface area contributed by atoms with Crippen LogP contribution in [0.5, 0.6) is 0 Å². The first-order chi connectivity index (χ1) is 17.7. The predicted molar refractivity (Wildman–Crippen MR) is 147 cm³/mol. The first-order valence-electron chi connectivity index (χ1n) is 12.1. The predicted octanol–water partition coefficient (Wildman–Crippen LogP) is 4.79. The van der Waals surface area contributed by atoms with Gasteiger partial charge in [0.1, 0.15) is 12.6 Å². The second-order valence-electron chi connectivity index (χ2n) is 8.63. The number of likely N-dealkylation sites (N-methyl/N-ethyl adjacent to an activating group) is 1. The molecule has 2 amide bonds. The Balaban J connectivity index is 2.04. The van der Waals surface area contributed by atoms with E-state index in [0.717, 1.165) is 15.4 Å². The molecular weight excluding hydrogens is 510 g/mol. The zero-order chi connectivity index (χ0) is 27.0. The number of aryl methyl sites for hydroxylation is 1. The summed E-state index contributed by atoms with van der Waals surface area (Å²) < 4.78 is 28.6. The summed E-state index contributed by atoms with van der Waals surface area (Å²) in [4.78, 5) is 28.2. The minimum atomic E-state index is -4.12. The Morgan fingerprint density at radius 3 is 2.11 bits per heavy atom. The van der Waals surface area contributed by atoms with Crippen molar-refractivity contribution in [2.75, 3.05) is 17.4 Å². The van der Waals surface area contributed by atoms with Gasteiger partial charge in [-0.3, -0.25) is 13.9 Å². The Kier molecular flexibility index (Phi) is 9.72. The topological polar surface area (TPSA) is 86.8 Å². The van der Waals surface area contributed by atoms with Gasteiger partial charge in [-0.15, -0.1) is 0 Å². The van der Waals surface area contributed by atoms with Crippen molar-refractivity contribution >= 4 is 39.1 Å². The van der Waals surface area contributed by atoms with E-state index in [2.05, 4.69) is 5.32 Å². The highest BCUT2D eigenvalue weighted by Gasteiger charge is 2.33. The number of sulfonamides is 1. The third-order valence-corrected chi connectivity index (χ3v) is 7.98. The van der Waals surface area contributed by atoms with Crippen LogP contribution in [0.25, 0.3) is 0 Å². The summed E-state index contributed by atoms with van der Waals surface area (Å²) in [5.41, 5.74) is 2.13. The molecule has 1 atom stereocenters. The summed E-state index contributed by atoms with van der Waals surface area (Å²) in [6, 6.07) is 21.3. The maximum Gasteiger partial charge on any atom is 0.264 e. The second kappa shape index (κ2) is 12.7. The number of carbonyl (C=O) groups is 2. The van der Waals surface area contributed by atoms with E-state index < -0.39 is 28.5 Å². The highest BCUT2D eigenvalue weighted by molar-refractivity contribution is 7.92. The molecule has 0 heterocycles. The van der Waals surface area contributed by atoms with Gasteiger partial charge >= 0.3 is 0 Å². The average molecular weight is 542 g/mol. The molecule has 0 bridgehead atoms. The third kappa shape index (κ3) is 7.11. The van der Waals surface area contributed by atoms with Crippen LogP contribution >= 0.6 is 11.6 Å². The minimum absolute atomic E-state index is 0.00986. The van der Waals surface area contributed by atoms with Crippen molar-refractivity contribution in [2.24, 2.45) is 0 Å². The van der Waals surface area contributed by atoms with Crippen LogP contribution in [0.1, 0.15) is 31.4 Å². The Hall–Kier alpha value is -3.36. The summed E-state index contributed by atoms with van der Waals surface area (Å²) >= 11 is 5.98. The molecule has 0 aliphatic carbocycles. The van der Waals surface area contributed by atoms with E-state index in [4.69, 9.17) is 11.6 Å². The molecule has 196 valence electrons. The summed E-state index contributed by atoms with van der Waals surface area (Å²) in [5, 5.41) is 3.19. The molecule has 0 aromatic heterocycles. The monoisotopic (exact) mass is 541 g/mol. The Labute approximate surface area is 224 Å². The van der Waals surface area contributed by atoms with E-state index in [1.807, 2.05) is 51.1 Å². The first kappa shape index (κ1) is 28.2. The van der Waals surface area contributed by atoms with Crippen molar-refractivity contribution in [3.63, 3.8) is 0 Å². The quantitative estimate of drug-likeness (QED) is 0.378. The van der Waals surface area contributed by atoms with Crippen molar-refractivity contribution < 1.29 is 18.0 Å². The van der Waals surface area contributed by atoms with E-state index >= 15 is 0 Å². The molecule has 1 unspecified atom stereocenters. The van der Waals surface area contributed by atoms with Crippen molar-refractivity contribution in [1.29, 1.82) is 0 Å². The Bertz CT molecular complexity index is 1300. The van der Waals surface area contributed by atoms with Crippen molar-refractivity contribution in [2.45, 2.75) is 44.7 Å². The molecule has 0 saturated heterocycles. The van der Waals surface area contributed by atoms with Crippen LogP contribution in [0.2, 0.25) is 5.02 Å². The van der Waals surface area contributed by atoms with Crippen LogP contribution in [-0.2, 0) is 26.2 Å². The maximum absolute atomic E-state index is 13.9. The van der Waals surface area contributed by atoms with Gasteiger partial charge in [-0.25, -0.2) is 8.42 Å². The number of rotatable bonds is 11. The lowest BCUT2D eigenvalue weighted by Gasteiger charge is -2.33. The van der Waals surface area contributed by atoms with Crippen molar-refractivity contribution in [1.82, 2.24) is 10.2 Å². The number of hydrogen-bond donors (Lipinski definition) is 1. The van der Waals surface area contributed by atoms with Crippen LogP contribution in [0.4, 0.5) is 5.69 Å². The van der Waals surface area contributed by atoms with Crippen LogP contribution in [0.3, 0.4) is 0 Å². The molecule has 0 fully saturated rings. The lowest BCUT2D eigenvalue weighted by atomic mass is 10.1. The van der Waals surface area contributed by atoms with Gasteiger partial charge in [0.05, 0.1) is 10.6 Å². The smallest absolute Gasteiger partial charge is 0.264 e. The van der Waals surface area contributed by atoms with E-state index in [0.29, 0.717) is 23.7 Å². The van der Waals surface area contributed by atoms with Crippen LogP contribution in [-0.4, -0.2) is 44.3 Å². The van der Waals surface area contributed by atoms with Gasteiger partial charge in [0, 0.05) is 18.1 Å². The van der Waals surface area contributed by atoms with E-state index in [1.54, 1.807) is 24.3 Å². The van der Waals surface area contributed by atoms with Crippen LogP contribution in [0.15, 0.2) is 83.8 Å². The van der Waals surface area contributed by atoms with Crippen molar-refractivity contribution in [3.8, 4) is 0 Å². The largest absolute Gasteiger partial charge is 0.355 e. The molecular formula is C28H32ClN3O4S. The fourth-order valence-corrected chi connectivity index (χ4v) is 5.51. The first-order valence-corrected chi connectivity index (χ1v) is 13.9. The number of amides is 2. The molecule has 3 rings (SSSR count). The summed E-state index contributed by atoms with van der Waals surface area (Å²) in [5.74, 6) is -0.767.